The minimum atomic E-state index is -0.284. The second-order valence-corrected chi connectivity index (χ2v) is 5.41. The van der Waals surface area contributed by atoms with Crippen LogP contribution in [0.25, 0.3) is 0 Å². The second kappa shape index (κ2) is 7.36. The highest BCUT2D eigenvalue weighted by atomic mass is 16.6. The summed E-state index contributed by atoms with van der Waals surface area (Å²) in [6, 6.07) is 7.59. The first kappa shape index (κ1) is 14.9. The molecule has 110 valence electrons. The van der Waals surface area contributed by atoms with Gasteiger partial charge in [0.2, 0.25) is 0 Å². The standard InChI is InChI=1S/C15H23N3O2/c1-2-10-17(12-14-7-5-9-16-14)11-13-6-3-4-8-15(13)18(19)20/h3-4,6,8,14,16H,2,5,7,9-12H2,1H3. The Morgan fingerprint density at radius 2 is 2.25 bits per heavy atom. The van der Waals surface area contributed by atoms with Gasteiger partial charge in [-0.2, -0.15) is 0 Å². The maximum absolute atomic E-state index is 11.1. The van der Waals surface area contributed by atoms with E-state index in [9.17, 15) is 10.1 Å². The number of nitro groups is 1. The average Bonchev–Trinajstić information content (AvgIpc) is 2.92. The van der Waals surface area contributed by atoms with E-state index in [1.54, 1.807) is 12.1 Å². The molecule has 1 aliphatic heterocycles. The molecule has 0 aromatic heterocycles. The van der Waals surface area contributed by atoms with Gasteiger partial charge in [0.25, 0.3) is 5.69 Å². The van der Waals surface area contributed by atoms with Gasteiger partial charge in [0.1, 0.15) is 0 Å². The summed E-state index contributed by atoms with van der Waals surface area (Å²) >= 11 is 0. The van der Waals surface area contributed by atoms with E-state index in [0.717, 1.165) is 31.6 Å². The zero-order chi connectivity index (χ0) is 14.4. The topological polar surface area (TPSA) is 58.4 Å². The lowest BCUT2D eigenvalue weighted by molar-refractivity contribution is -0.385. The third-order valence-electron chi connectivity index (χ3n) is 3.76. The van der Waals surface area contributed by atoms with Gasteiger partial charge < -0.3 is 5.32 Å². The van der Waals surface area contributed by atoms with Crippen LogP contribution in [0.4, 0.5) is 5.69 Å². The third kappa shape index (κ3) is 4.02. The lowest BCUT2D eigenvalue weighted by atomic mass is 10.1. The number of hydrogen-bond acceptors (Lipinski definition) is 4. The van der Waals surface area contributed by atoms with Crippen LogP contribution in [-0.2, 0) is 6.54 Å². The largest absolute Gasteiger partial charge is 0.313 e. The Hall–Kier alpha value is -1.46. The minimum absolute atomic E-state index is 0.230. The fourth-order valence-electron chi connectivity index (χ4n) is 2.84. The van der Waals surface area contributed by atoms with Crippen LogP contribution in [0.15, 0.2) is 24.3 Å². The minimum Gasteiger partial charge on any atom is -0.313 e. The summed E-state index contributed by atoms with van der Waals surface area (Å²) in [5.74, 6) is 0. The number of hydrogen-bond donors (Lipinski definition) is 1. The molecule has 5 nitrogen and oxygen atoms in total. The van der Waals surface area contributed by atoms with Crippen molar-refractivity contribution in [2.24, 2.45) is 0 Å². The molecule has 0 spiro atoms. The maximum Gasteiger partial charge on any atom is 0.273 e. The molecular formula is C15H23N3O2. The first-order valence-corrected chi connectivity index (χ1v) is 7.38. The summed E-state index contributed by atoms with van der Waals surface area (Å²) < 4.78 is 0. The number of nitro benzene ring substituents is 1. The van der Waals surface area contributed by atoms with Gasteiger partial charge in [-0.1, -0.05) is 25.1 Å². The van der Waals surface area contributed by atoms with Gasteiger partial charge in [0, 0.05) is 30.8 Å². The molecule has 2 rings (SSSR count). The fourth-order valence-corrected chi connectivity index (χ4v) is 2.84. The molecule has 1 N–H and O–H groups in total. The van der Waals surface area contributed by atoms with Crippen LogP contribution >= 0.6 is 0 Å². The molecule has 1 fully saturated rings. The van der Waals surface area contributed by atoms with Gasteiger partial charge in [-0.15, -0.1) is 0 Å². The van der Waals surface area contributed by atoms with Crippen molar-refractivity contribution >= 4 is 5.69 Å². The summed E-state index contributed by atoms with van der Waals surface area (Å²) in [6.45, 7) is 5.85. The van der Waals surface area contributed by atoms with Crippen LogP contribution in [-0.4, -0.2) is 35.5 Å². The number of benzene rings is 1. The Bertz CT molecular complexity index is 444. The summed E-state index contributed by atoms with van der Waals surface area (Å²) in [5.41, 5.74) is 1.04. The van der Waals surface area contributed by atoms with Crippen molar-refractivity contribution in [3.63, 3.8) is 0 Å². The van der Waals surface area contributed by atoms with Crippen LogP contribution in [0.3, 0.4) is 0 Å². The Morgan fingerprint density at radius 3 is 2.90 bits per heavy atom. The van der Waals surface area contributed by atoms with Crippen molar-refractivity contribution < 1.29 is 4.92 Å². The predicted octanol–water partition coefficient (Wildman–Crippen LogP) is 2.56. The van der Waals surface area contributed by atoms with E-state index in [1.165, 1.54) is 12.8 Å². The van der Waals surface area contributed by atoms with Crippen molar-refractivity contribution in [3.05, 3.63) is 39.9 Å². The number of nitrogens with zero attached hydrogens (tertiary/aromatic N) is 2. The van der Waals surface area contributed by atoms with Crippen molar-refractivity contribution in [3.8, 4) is 0 Å². The fraction of sp³-hybridized carbons (Fsp3) is 0.600. The quantitative estimate of drug-likeness (QED) is 0.614. The predicted molar refractivity (Wildman–Crippen MR) is 79.7 cm³/mol. The van der Waals surface area contributed by atoms with Crippen LogP contribution < -0.4 is 5.32 Å². The molecule has 1 aromatic rings. The highest BCUT2D eigenvalue weighted by Crippen LogP contribution is 2.20. The van der Waals surface area contributed by atoms with Gasteiger partial charge >= 0.3 is 0 Å². The zero-order valence-corrected chi connectivity index (χ0v) is 12.0. The summed E-state index contributed by atoms with van der Waals surface area (Å²) in [4.78, 5) is 13.1. The van der Waals surface area contributed by atoms with E-state index in [0.29, 0.717) is 12.6 Å². The van der Waals surface area contributed by atoms with E-state index >= 15 is 0 Å². The van der Waals surface area contributed by atoms with E-state index < -0.39 is 0 Å². The van der Waals surface area contributed by atoms with Crippen LogP contribution in [0.1, 0.15) is 31.7 Å². The molecule has 1 atom stereocenters. The van der Waals surface area contributed by atoms with Crippen LogP contribution in [0.2, 0.25) is 0 Å². The smallest absolute Gasteiger partial charge is 0.273 e. The summed E-state index contributed by atoms with van der Waals surface area (Å²) in [6.07, 6.45) is 3.50. The van der Waals surface area contributed by atoms with E-state index in [2.05, 4.69) is 17.1 Å². The van der Waals surface area contributed by atoms with Crippen LogP contribution in [0.5, 0.6) is 0 Å². The van der Waals surface area contributed by atoms with Crippen LogP contribution in [0, 0.1) is 10.1 Å². The average molecular weight is 277 g/mol. The van der Waals surface area contributed by atoms with Gasteiger partial charge in [-0.05, 0) is 32.4 Å². The molecule has 1 heterocycles. The molecule has 1 unspecified atom stereocenters. The number of para-hydroxylation sites is 1. The Balaban J connectivity index is 2.05. The molecule has 0 radical (unpaired) electrons. The normalized spacial score (nSPS) is 18.6. The molecule has 5 heteroatoms. The van der Waals surface area contributed by atoms with Crippen molar-refractivity contribution in [1.29, 1.82) is 0 Å². The Morgan fingerprint density at radius 1 is 1.45 bits per heavy atom. The monoisotopic (exact) mass is 277 g/mol. The number of nitrogens with one attached hydrogen (secondary N) is 1. The van der Waals surface area contributed by atoms with Gasteiger partial charge in [0.05, 0.1) is 4.92 Å². The zero-order valence-electron chi connectivity index (χ0n) is 12.0. The second-order valence-electron chi connectivity index (χ2n) is 5.41. The van der Waals surface area contributed by atoms with E-state index in [4.69, 9.17) is 0 Å². The Kier molecular flexibility index (Phi) is 5.49. The Labute approximate surface area is 120 Å². The molecular weight excluding hydrogens is 254 g/mol. The first-order valence-electron chi connectivity index (χ1n) is 7.38. The molecule has 0 aliphatic carbocycles. The number of rotatable bonds is 7. The van der Waals surface area contributed by atoms with Gasteiger partial charge in [-0.3, -0.25) is 15.0 Å². The summed E-state index contributed by atoms with van der Waals surface area (Å²) in [7, 11) is 0. The van der Waals surface area contributed by atoms with Crippen molar-refractivity contribution in [1.82, 2.24) is 10.2 Å². The highest BCUT2D eigenvalue weighted by Gasteiger charge is 2.20. The first-order chi connectivity index (χ1) is 9.70. The SMILES string of the molecule is CCCN(Cc1ccccc1[N+](=O)[O-])CC1CCCN1. The van der Waals surface area contributed by atoms with Crippen molar-refractivity contribution in [2.75, 3.05) is 19.6 Å². The van der Waals surface area contributed by atoms with Crippen molar-refractivity contribution in [2.45, 2.75) is 38.8 Å². The molecule has 1 aliphatic rings. The van der Waals surface area contributed by atoms with E-state index in [1.807, 2.05) is 12.1 Å². The van der Waals surface area contributed by atoms with Gasteiger partial charge in [0.15, 0.2) is 0 Å². The lowest BCUT2D eigenvalue weighted by Crippen LogP contribution is -2.37. The van der Waals surface area contributed by atoms with Gasteiger partial charge in [-0.25, -0.2) is 0 Å². The third-order valence-corrected chi connectivity index (χ3v) is 3.76. The van der Waals surface area contributed by atoms with E-state index in [-0.39, 0.29) is 10.6 Å². The molecule has 1 aromatic carbocycles. The lowest BCUT2D eigenvalue weighted by Gasteiger charge is -2.25. The molecule has 0 saturated carbocycles. The highest BCUT2D eigenvalue weighted by molar-refractivity contribution is 5.39. The maximum atomic E-state index is 11.1. The molecule has 0 amide bonds. The molecule has 1 saturated heterocycles. The summed E-state index contributed by atoms with van der Waals surface area (Å²) in [5, 5.41) is 14.6. The molecule has 0 bridgehead atoms. The molecule has 20 heavy (non-hydrogen) atoms.